The van der Waals surface area contributed by atoms with Crippen LogP contribution in [-0.2, 0) is 6.54 Å². The van der Waals surface area contributed by atoms with Gasteiger partial charge < -0.3 is 9.42 Å². The highest BCUT2D eigenvalue weighted by molar-refractivity contribution is 5.99. The minimum Gasteiger partial charge on any atom is -0.355 e. The fourth-order valence-corrected chi connectivity index (χ4v) is 2.32. The van der Waals surface area contributed by atoms with E-state index in [1.807, 2.05) is 60.7 Å². The van der Waals surface area contributed by atoms with E-state index in [0.717, 1.165) is 11.1 Å². The first kappa shape index (κ1) is 14.1. The van der Waals surface area contributed by atoms with Crippen molar-refractivity contribution in [3.63, 3.8) is 0 Å². The molecule has 4 heteroatoms. The Labute approximate surface area is 129 Å². The van der Waals surface area contributed by atoms with Crippen molar-refractivity contribution in [3.05, 3.63) is 78.0 Å². The molecule has 0 saturated carbocycles. The number of amides is 1. The van der Waals surface area contributed by atoms with Crippen molar-refractivity contribution >= 4 is 5.91 Å². The molecule has 1 amide bonds. The third-order valence-corrected chi connectivity index (χ3v) is 3.45. The van der Waals surface area contributed by atoms with Gasteiger partial charge in [0.15, 0.2) is 5.76 Å². The molecule has 0 fully saturated rings. The molecule has 4 nitrogen and oxygen atoms in total. The van der Waals surface area contributed by atoms with Crippen LogP contribution in [0.4, 0.5) is 0 Å². The van der Waals surface area contributed by atoms with Crippen LogP contribution in [0, 0.1) is 0 Å². The van der Waals surface area contributed by atoms with Crippen LogP contribution >= 0.6 is 0 Å². The molecular weight excluding hydrogens is 276 g/mol. The van der Waals surface area contributed by atoms with Gasteiger partial charge >= 0.3 is 0 Å². The van der Waals surface area contributed by atoms with Gasteiger partial charge in [-0.3, -0.25) is 4.79 Å². The zero-order valence-corrected chi connectivity index (χ0v) is 12.3. The van der Waals surface area contributed by atoms with Crippen LogP contribution in [0.15, 0.2) is 71.4 Å². The number of carbonyl (C=O) groups excluding carboxylic acids is 1. The highest BCUT2D eigenvalue weighted by Gasteiger charge is 2.20. The van der Waals surface area contributed by atoms with Crippen LogP contribution in [0.25, 0.3) is 11.3 Å². The first-order valence-corrected chi connectivity index (χ1v) is 7.05. The molecule has 0 N–H and O–H groups in total. The smallest absolute Gasteiger partial charge is 0.259 e. The van der Waals surface area contributed by atoms with Crippen LogP contribution < -0.4 is 0 Å². The fraction of sp³-hybridized carbons (Fsp3) is 0.111. The van der Waals surface area contributed by atoms with Gasteiger partial charge in [-0.2, -0.15) is 0 Å². The molecule has 0 aliphatic carbocycles. The maximum atomic E-state index is 12.6. The Morgan fingerprint density at radius 2 is 1.68 bits per heavy atom. The van der Waals surface area contributed by atoms with E-state index in [1.165, 1.54) is 6.20 Å². The SMILES string of the molecule is CN(Cc1ccccc1)C(=O)c1cnoc1-c1ccccc1. The van der Waals surface area contributed by atoms with E-state index >= 15 is 0 Å². The molecule has 3 aromatic rings. The first-order valence-electron chi connectivity index (χ1n) is 7.05. The number of nitrogens with zero attached hydrogens (tertiary/aromatic N) is 2. The number of rotatable bonds is 4. The average molecular weight is 292 g/mol. The van der Waals surface area contributed by atoms with Gasteiger partial charge in [0.25, 0.3) is 5.91 Å². The molecule has 0 atom stereocenters. The lowest BCUT2D eigenvalue weighted by Crippen LogP contribution is -2.26. The third kappa shape index (κ3) is 2.91. The second kappa shape index (κ2) is 6.26. The number of hydrogen-bond donors (Lipinski definition) is 0. The van der Waals surface area contributed by atoms with E-state index in [1.54, 1.807) is 11.9 Å². The molecule has 1 heterocycles. The molecule has 0 unspecified atom stereocenters. The molecule has 22 heavy (non-hydrogen) atoms. The van der Waals surface area contributed by atoms with E-state index < -0.39 is 0 Å². The Balaban J connectivity index is 1.83. The highest BCUT2D eigenvalue weighted by atomic mass is 16.5. The van der Waals surface area contributed by atoms with Gasteiger partial charge in [0, 0.05) is 19.2 Å². The second-order valence-corrected chi connectivity index (χ2v) is 5.08. The first-order chi connectivity index (χ1) is 10.8. The van der Waals surface area contributed by atoms with Crippen LogP contribution in [0.5, 0.6) is 0 Å². The van der Waals surface area contributed by atoms with Crippen molar-refractivity contribution in [1.29, 1.82) is 0 Å². The summed E-state index contributed by atoms with van der Waals surface area (Å²) in [6.07, 6.45) is 1.48. The summed E-state index contributed by atoms with van der Waals surface area (Å²) in [5.74, 6) is 0.398. The van der Waals surface area contributed by atoms with Crippen molar-refractivity contribution in [2.24, 2.45) is 0 Å². The molecule has 2 aromatic carbocycles. The zero-order valence-electron chi connectivity index (χ0n) is 12.3. The van der Waals surface area contributed by atoms with E-state index in [2.05, 4.69) is 5.16 Å². The predicted octanol–water partition coefficient (Wildman–Crippen LogP) is 3.61. The Morgan fingerprint density at radius 1 is 1.05 bits per heavy atom. The van der Waals surface area contributed by atoms with Gasteiger partial charge in [-0.05, 0) is 5.56 Å². The van der Waals surface area contributed by atoms with Crippen molar-refractivity contribution in [2.75, 3.05) is 7.05 Å². The van der Waals surface area contributed by atoms with E-state index in [9.17, 15) is 4.79 Å². The molecule has 0 bridgehead atoms. The molecule has 0 saturated heterocycles. The maximum absolute atomic E-state index is 12.6. The Hall–Kier alpha value is -2.88. The summed E-state index contributed by atoms with van der Waals surface area (Å²) in [4.78, 5) is 14.3. The second-order valence-electron chi connectivity index (χ2n) is 5.08. The minimum atomic E-state index is -0.107. The van der Waals surface area contributed by atoms with Gasteiger partial charge in [-0.15, -0.1) is 0 Å². The molecule has 0 aliphatic rings. The lowest BCUT2D eigenvalue weighted by Gasteiger charge is -2.16. The van der Waals surface area contributed by atoms with Crippen molar-refractivity contribution < 1.29 is 9.32 Å². The number of carbonyl (C=O) groups is 1. The van der Waals surface area contributed by atoms with Crippen molar-refractivity contribution in [3.8, 4) is 11.3 Å². The number of benzene rings is 2. The summed E-state index contributed by atoms with van der Waals surface area (Å²) in [6, 6.07) is 19.4. The lowest BCUT2D eigenvalue weighted by atomic mass is 10.1. The van der Waals surface area contributed by atoms with Gasteiger partial charge in [-0.1, -0.05) is 65.8 Å². The molecule has 110 valence electrons. The lowest BCUT2D eigenvalue weighted by molar-refractivity contribution is 0.0785. The van der Waals surface area contributed by atoms with E-state index in [-0.39, 0.29) is 5.91 Å². The molecule has 0 aliphatic heterocycles. The number of hydrogen-bond acceptors (Lipinski definition) is 3. The minimum absolute atomic E-state index is 0.107. The summed E-state index contributed by atoms with van der Waals surface area (Å²) >= 11 is 0. The van der Waals surface area contributed by atoms with Crippen molar-refractivity contribution in [2.45, 2.75) is 6.54 Å². The van der Waals surface area contributed by atoms with Crippen LogP contribution in [0.1, 0.15) is 15.9 Å². The topological polar surface area (TPSA) is 46.3 Å². The van der Waals surface area contributed by atoms with Crippen LogP contribution in [0.3, 0.4) is 0 Å². The highest BCUT2D eigenvalue weighted by Crippen LogP contribution is 2.24. The van der Waals surface area contributed by atoms with Gasteiger partial charge in [0.1, 0.15) is 5.56 Å². The summed E-state index contributed by atoms with van der Waals surface area (Å²) < 4.78 is 5.27. The molecule has 0 spiro atoms. The van der Waals surface area contributed by atoms with Crippen molar-refractivity contribution in [1.82, 2.24) is 10.1 Å². The Kier molecular flexibility index (Phi) is 4.01. The summed E-state index contributed by atoms with van der Waals surface area (Å²) in [7, 11) is 1.77. The number of aromatic nitrogens is 1. The summed E-state index contributed by atoms with van der Waals surface area (Å²) in [5.41, 5.74) is 2.40. The average Bonchev–Trinajstić information content (AvgIpc) is 3.05. The van der Waals surface area contributed by atoms with Crippen LogP contribution in [0.2, 0.25) is 0 Å². The molecule has 0 radical (unpaired) electrons. The summed E-state index contributed by atoms with van der Waals surface area (Å²) in [6.45, 7) is 0.541. The van der Waals surface area contributed by atoms with E-state index in [0.29, 0.717) is 17.9 Å². The third-order valence-electron chi connectivity index (χ3n) is 3.45. The molecular formula is C18H16N2O2. The van der Waals surface area contributed by atoms with Gasteiger partial charge in [-0.25, -0.2) is 0 Å². The largest absolute Gasteiger partial charge is 0.355 e. The molecule has 3 rings (SSSR count). The summed E-state index contributed by atoms with van der Waals surface area (Å²) in [5, 5.41) is 3.79. The maximum Gasteiger partial charge on any atom is 0.259 e. The fourth-order valence-electron chi connectivity index (χ4n) is 2.32. The molecule has 1 aromatic heterocycles. The van der Waals surface area contributed by atoms with Crippen LogP contribution in [-0.4, -0.2) is 23.0 Å². The monoisotopic (exact) mass is 292 g/mol. The standard InChI is InChI=1S/C18H16N2O2/c1-20(13-14-8-4-2-5-9-14)18(21)16-12-19-22-17(16)15-10-6-3-7-11-15/h2-12H,13H2,1H3. The zero-order chi connectivity index (χ0) is 15.4. The normalized spacial score (nSPS) is 10.4. The van der Waals surface area contributed by atoms with Gasteiger partial charge in [0.2, 0.25) is 0 Å². The van der Waals surface area contributed by atoms with E-state index in [4.69, 9.17) is 4.52 Å². The Morgan fingerprint density at radius 3 is 2.36 bits per heavy atom. The predicted molar refractivity (Wildman–Crippen MR) is 84.2 cm³/mol. The quantitative estimate of drug-likeness (QED) is 0.738. The Bertz CT molecular complexity index is 751. The van der Waals surface area contributed by atoms with Gasteiger partial charge in [0.05, 0.1) is 6.20 Å².